The molecular formula is C24H20BrF3N4O2. The number of rotatable bonds is 7. The number of pyridine rings is 1. The van der Waals surface area contributed by atoms with Crippen LogP contribution in [-0.4, -0.2) is 21.2 Å². The van der Waals surface area contributed by atoms with Gasteiger partial charge in [-0.3, -0.25) is 14.6 Å². The van der Waals surface area contributed by atoms with Crippen molar-refractivity contribution in [1.82, 2.24) is 9.55 Å². The zero-order valence-electron chi connectivity index (χ0n) is 17.8. The smallest absolute Gasteiger partial charge is 0.416 e. The summed E-state index contributed by atoms with van der Waals surface area (Å²) in [5.41, 5.74) is 0.762. The van der Waals surface area contributed by atoms with Gasteiger partial charge in [-0.25, -0.2) is 9.13 Å². The van der Waals surface area contributed by atoms with Crippen LogP contribution in [0.5, 0.6) is 0 Å². The molecule has 176 valence electrons. The molecule has 0 bridgehead atoms. The SMILES string of the molecule is O=C(CCn1cc[n+](CC(=O)c2ccc(C(F)(F)F)cc2)c1)Nc1cccc2cccnc12.[Br-]. The number of para-hydroxylation sites is 1. The lowest BCUT2D eigenvalue weighted by molar-refractivity contribution is -0.682. The Bertz CT molecular complexity index is 1300. The lowest BCUT2D eigenvalue weighted by atomic mass is 10.1. The minimum absolute atomic E-state index is 0. The normalized spacial score (nSPS) is 11.1. The maximum atomic E-state index is 12.7. The topological polar surface area (TPSA) is 67.9 Å². The Kier molecular flexibility index (Phi) is 7.83. The number of anilines is 1. The lowest BCUT2D eigenvalue weighted by Crippen LogP contribution is -3.00. The first kappa shape index (κ1) is 25.1. The van der Waals surface area contributed by atoms with Crippen LogP contribution in [0.2, 0.25) is 0 Å². The van der Waals surface area contributed by atoms with E-state index < -0.39 is 11.7 Å². The minimum atomic E-state index is -4.44. The van der Waals surface area contributed by atoms with E-state index in [2.05, 4.69) is 10.3 Å². The van der Waals surface area contributed by atoms with Gasteiger partial charge in [0.15, 0.2) is 6.54 Å². The molecule has 0 aliphatic heterocycles. The monoisotopic (exact) mass is 532 g/mol. The summed E-state index contributed by atoms with van der Waals surface area (Å²) >= 11 is 0. The number of nitrogens with zero attached hydrogens (tertiary/aromatic N) is 3. The van der Waals surface area contributed by atoms with Gasteiger partial charge in [0.1, 0.15) is 12.4 Å². The van der Waals surface area contributed by atoms with Gasteiger partial charge in [0, 0.05) is 17.1 Å². The number of aromatic nitrogens is 3. The van der Waals surface area contributed by atoms with Crippen molar-refractivity contribution in [3.8, 4) is 0 Å². The predicted molar refractivity (Wildman–Crippen MR) is 115 cm³/mol. The molecule has 0 unspecified atom stereocenters. The van der Waals surface area contributed by atoms with Gasteiger partial charge in [-0.2, -0.15) is 13.2 Å². The molecule has 6 nitrogen and oxygen atoms in total. The van der Waals surface area contributed by atoms with E-state index in [1.54, 1.807) is 40.1 Å². The largest absolute Gasteiger partial charge is 1.00 e. The minimum Gasteiger partial charge on any atom is -1.00 e. The number of amides is 1. The van der Waals surface area contributed by atoms with E-state index in [9.17, 15) is 22.8 Å². The van der Waals surface area contributed by atoms with Crippen molar-refractivity contribution >= 4 is 28.3 Å². The van der Waals surface area contributed by atoms with Gasteiger partial charge in [-0.15, -0.1) is 0 Å². The molecule has 0 saturated heterocycles. The van der Waals surface area contributed by atoms with E-state index in [0.717, 1.165) is 17.5 Å². The number of imidazole rings is 1. The molecule has 2 aromatic heterocycles. The molecule has 2 aromatic carbocycles. The zero-order valence-corrected chi connectivity index (χ0v) is 19.4. The van der Waals surface area contributed by atoms with Gasteiger partial charge in [0.25, 0.3) is 0 Å². The molecule has 0 radical (unpaired) electrons. The van der Waals surface area contributed by atoms with Crippen LogP contribution < -0.4 is 26.9 Å². The molecular weight excluding hydrogens is 513 g/mol. The molecule has 0 atom stereocenters. The highest BCUT2D eigenvalue weighted by Crippen LogP contribution is 2.29. The summed E-state index contributed by atoms with van der Waals surface area (Å²) in [4.78, 5) is 29.1. The van der Waals surface area contributed by atoms with Crippen molar-refractivity contribution in [2.75, 3.05) is 5.32 Å². The number of ketones is 1. The number of aryl methyl sites for hydroxylation is 1. The molecule has 34 heavy (non-hydrogen) atoms. The summed E-state index contributed by atoms with van der Waals surface area (Å²) in [5.74, 6) is -0.484. The Labute approximate surface area is 203 Å². The van der Waals surface area contributed by atoms with Crippen LogP contribution in [0.3, 0.4) is 0 Å². The number of benzene rings is 2. The number of carbonyl (C=O) groups excluding carboxylic acids is 2. The molecule has 0 spiro atoms. The highest BCUT2D eigenvalue weighted by atomic mass is 79.9. The van der Waals surface area contributed by atoms with Gasteiger partial charge >= 0.3 is 6.18 Å². The molecule has 4 rings (SSSR count). The number of halogens is 4. The molecule has 0 aliphatic rings. The second-order valence-corrected chi connectivity index (χ2v) is 7.50. The van der Waals surface area contributed by atoms with Crippen molar-refractivity contribution < 1.29 is 44.3 Å². The maximum Gasteiger partial charge on any atom is 0.416 e. The first-order valence-corrected chi connectivity index (χ1v) is 10.2. The number of fused-ring (bicyclic) bond motifs is 1. The third kappa shape index (κ3) is 6.07. The van der Waals surface area contributed by atoms with Crippen LogP contribution in [0.25, 0.3) is 10.9 Å². The Hall–Kier alpha value is -3.53. The van der Waals surface area contributed by atoms with Crippen molar-refractivity contribution in [3.05, 3.63) is 90.6 Å². The Balaban J connectivity index is 0.00000324. The van der Waals surface area contributed by atoms with Crippen molar-refractivity contribution in [1.29, 1.82) is 0 Å². The summed E-state index contributed by atoms with van der Waals surface area (Å²) in [6, 6.07) is 13.5. The maximum absolute atomic E-state index is 12.7. The summed E-state index contributed by atoms with van der Waals surface area (Å²) < 4.78 is 41.4. The Morgan fingerprint density at radius 2 is 1.76 bits per heavy atom. The molecule has 1 amide bonds. The van der Waals surface area contributed by atoms with Crippen molar-refractivity contribution in [3.63, 3.8) is 0 Å². The number of hydrogen-bond acceptors (Lipinski definition) is 3. The molecule has 4 aromatic rings. The van der Waals surface area contributed by atoms with E-state index in [0.29, 0.717) is 17.7 Å². The molecule has 0 aliphatic carbocycles. The van der Waals surface area contributed by atoms with E-state index in [-0.39, 0.29) is 47.2 Å². The number of carbonyl (C=O) groups is 2. The van der Waals surface area contributed by atoms with Crippen LogP contribution >= 0.6 is 0 Å². The number of Topliss-reactive ketones (excluding diaryl/α,β-unsaturated/α-hetero) is 1. The third-order valence-electron chi connectivity index (χ3n) is 5.11. The summed E-state index contributed by atoms with van der Waals surface area (Å²) in [6.07, 6.45) is 2.52. The van der Waals surface area contributed by atoms with Gasteiger partial charge < -0.3 is 22.3 Å². The predicted octanol–water partition coefficient (Wildman–Crippen LogP) is 1.26. The van der Waals surface area contributed by atoms with Gasteiger partial charge in [0.05, 0.1) is 29.7 Å². The second kappa shape index (κ2) is 10.6. The van der Waals surface area contributed by atoms with Crippen molar-refractivity contribution in [2.24, 2.45) is 0 Å². The van der Waals surface area contributed by atoms with E-state index in [1.165, 1.54) is 12.1 Å². The van der Waals surface area contributed by atoms with Crippen LogP contribution in [0.1, 0.15) is 22.3 Å². The first-order chi connectivity index (χ1) is 15.8. The molecule has 2 heterocycles. The highest BCUT2D eigenvalue weighted by molar-refractivity contribution is 6.00. The fraction of sp³-hybridized carbons (Fsp3) is 0.167. The molecule has 0 fully saturated rings. The van der Waals surface area contributed by atoms with Crippen LogP contribution in [0, 0.1) is 0 Å². The standard InChI is InChI=1S/C24H19F3N4O2.BrH/c25-24(26,27)19-8-6-17(7-9-19)21(32)15-31-14-13-30(16-31)12-10-22(33)29-20-5-1-3-18-4-2-11-28-23(18)20;/h1-9,11,13-14,16H,10,12,15H2;1H. The van der Waals surface area contributed by atoms with Gasteiger partial charge in [-0.05, 0) is 24.3 Å². The third-order valence-corrected chi connectivity index (χ3v) is 5.11. The Morgan fingerprint density at radius 1 is 1.03 bits per heavy atom. The fourth-order valence-electron chi connectivity index (χ4n) is 3.42. The highest BCUT2D eigenvalue weighted by Gasteiger charge is 2.30. The molecule has 0 saturated carbocycles. The summed E-state index contributed by atoms with van der Waals surface area (Å²) in [7, 11) is 0. The molecule has 1 N–H and O–H groups in total. The first-order valence-electron chi connectivity index (χ1n) is 10.2. The van der Waals surface area contributed by atoms with Crippen molar-refractivity contribution in [2.45, 2.75) is 25.7 Å². The summed E-state index contributed by atoms with van der Waals surface area (Å²) in [5, 5.41) is 3.81. The van der Waals surface area contributed by atoms with Crippen LogP contribution in [-0.2, 0) is 24.1 Å². The van der Waals surface area contributed by atoms with E-state index in [4.69, 9.17) is 0 Å². The van der Waals surface area contributed by atoms with Crippen LogP contribution in [0.4, 0.5) is 18.9 Å². The second-order valence-electron chi connectivity index (χ2n) is 7.50. The number of alkyl halides is 3. The van der Waals surface area contributed by atoms with E-state index >= 15 is 0 Å². The fourth-order valence-corrected chi connectivity index (χ4v) is 3.42. The van der Waals surface area contributed by atoms with Crippen LogP contribution in [0.15, 0.2) is 79.5 Å². The number of nitrogens with one attached hydrogen (secondary N) is 1. The van der Waals surface area contributed by atoms with E-state index in [1.807, 2.05) is 24.3 Å². The quantitative estimate of drug-likeness (QED) is 0.288. The Morgan fingerprint density at radius 3 is 2.50 bits per heavy atom. The number of hydrogen-bond donors (Lipinski definition) is 1. The summed E-state index contributed by atoms with van der Waals surface area (Å²) in [6.45, 7) is 0.373. The molecule has 10 heteroatoms. The average molecular weight is 533 g/mol. The van der Waals surface area contributed by atoms with Gasteiger partial charge in [0.2, 0.25) is 18.0 Å². The zero-order chi connectivity index (χ0) is 23.4. The lowest BCUT2D eigenvalue weighted by Gasteiger charge is -2.07. The van der Waals surface area contributed by atoms with Gasteiger partial charge in [-0.1, -0.05) is 30.3 Å². The average Bonchev–Trinajstić information content (AvgIpc) is 3.25.